The molecule has 0 fully saturated rings. The molecule has 7 heteroatoms. The minimum atomic E-state index is -1.99. The molecule has 12 aromatic rings. The summed E-state index contributed by atoms with van der Waals surface area (Å²) >= 11 is 0. The maximum atomic E-state index is 10.0. The zero-order valence-electron chi connectivity index (χ0n) is 39.1. The lowest BCUT2D eigenvalue weighted by Crippen LogP contribution is -2.57. The van der Waals surface area contributed by atoms with Crippen LogP contribution in [0.2, 0.25) is 0 Å². The molecule has 3 heterocycles. The zero-order valence-corrected chi connectivity index (χ0v) is 39.9. The number of fused-ring (bicyclic) bond motifs is 6. The third kappa shape index (κ3) is 7.11. The Labute approximate surface area is 421 Å². The van der Waals surface area contributed by atoms with Crippen LogP contribution in [0.4, 0.5) is 11.4 Å². The average Bonchev–Trinajstić information content (AvgIpc) is 3.80. The van der Waals surface area contributed by atoms with Crippen LogP contribution in [-0.2, 0) is 0 Å². The fraction of sp³-hybridized carbons (Fsp3) is 0. The molecule has 0 bridgehead atoms. The molecule has 0 aliphatic carbocycles. The van der Waals surface area contributed by atoms with E-state index in [4.69, 9.17) is 9.97 Å². The fourth-order valence-corrected chi connectivity index (χ4v) is 14.8. The maximum absolute atomic E-state index is 10.0. The lowest BCUT2D eigenvalue weighted by Gasteiger charge is -2.42. The molecule has 1 aliphatic heterocycles. The molecule has 338 valence electrons. The Bertz CT molecular complexity index is 3930. The molecule has 0 saturated carbocycles. The van der Waals surface area contributed by atoms with Crippen molar-refractivity contribution in [2.75, 3.05) is 4.81 Å². The lowest BCUT2D eigenvalue weighted by atomic mass is 9.46. The molecule has 0 amide bonds. The minimum absolute atomic E-state index is 0.0874. The van der Waals surface area contributed by atoms with E-state index in [0.717, 1.165) is 55.8 Å². The smallest absolute Gasteiger partial charge is 0.328 e. The highest BCUT2D eigenvalue weighted by Gasteiger charge is 2.37. The zero-order chi connectivity index (χ0) is 48.0. The van der Waals surface area contributed by atoms with Gasteiger partial charge in [-0.2, -0.15) is 5.26 Å². The molecular formula is C65H44BN5S. The van der Waals surface area contributed by atoms with Crippen LogP contribution in [0.25, 0.3) is 61.4 Å². The molecule has 72 heavy (non-hydrogen) atoms. The van der Waals surface area contributed by atoms with Gasteiger partial charge < -0.3 is 4.81 Å². The summed E-state index contributed by atoms with van der Waals surface area (Å²) in [4.78, 5) is 18.5. The van der Waals surface area contributed by atoms with Crippen LogP contribution in [0.3, 0.4) is 0 Å². The Kier molecular flexibility index (Phi) is 10.7. The van der Waals surface area contributed by atoms with E-state index in [9.17, 15) is 5.26 Å². The molecule has 0 spiro atoms. The number of aromatic nitrogens is 3. The largest absolute Gasteiger partial charge is 0.376 e. The third-order valence-electron chi connectivity index (χ3n) is 14.0. The van der Waals surface area contributed by atoms with Gasteiger partial charge in [-0.1, -0.05) is 175 Å². The van der Waals surface area contributed by atoms with E-state index in [2.05, 4.69) is 264 Å². The number of nitriles is 1. The summed E-state index contributed by atoms with van der Waals surface area (Å²) in [6.07, 6.45) is 0. The van der Waals surface area contributed by atoms with Crippen LogP contribution in [0, 0.1) is 11.3 Å². The quantitative estimate of drug-likeness (QED) is 0.135. The molecule has 10 aromatic carbocycles. The summed E-state index contributed by atoms with van der Waals surface area (Å²) < 4.78 is 2.23. The van der Waals surface area contributed by atoms with Crippen LogP contribution in [0.1, 0.15) is 5.56 Å². The van der Waals surface area contributed by atoms with E-state index >= 15 is 0 Å². The summed E-state index contributed by atoms with van der Waals surface area (Å²) in [6.45, 7) is -0.0874. The van der Waals surface area contributed by atoms with Gasteiger partial charge in [-0.3, -0.25) is 4.57 Å². The number of benzene rings is 10. The predicted molar refractivity (Wildman–Crippen MR) is 297 cm³/mol. The monoisotopic (exact) mass is 937 g/mol. The van der Waals surface area contributed by atoms with Crippen LogP contribution >= 0.6 is 10.0 Å². The van der Waals surface area contributed by atoms with E-state index in [1.807, 2.05) is 18.2 Å². The van der Waals surface area contributed by atoms with Gasteiger partial charge in [0.25, 0.3) is 0 Å². The normalized spacial score (nSPS) is 12.3. The van der Waals surface area contributed by atoms with Gasteiger partial charge in [-0.15, -0.1) is 10.0 Å². The van der Waals surface area contributed by atoms with Crippen LogP contribution in [0.5, 0.6) is 0 Å². The highest BCUT2D eigenvalue weighted by Crippen LogP contribution is 2.73. The van der Waals surface area contributed by atoms with Gasteiger partial charge in [-0.05, 0) is 102 Å². The molecule has 0 radical (unpaired) electrons. The molecule has 0 atom stereocenters. The Hall–Kier alpha value is -9.22. The molecule has 13 rings (SSSR count). The van der Waals surface area contributed by atoms with Gasteiger partial charge in [0.1, 0.15) is 5.82 Å². The van der Waals surface area contributed by atoms with Crippen LogP contribution in [-0.4, -0.2) is 21.4 Å². The third-order valence-corrected chi connectivity index (χ3v) is 17.9. The Morgan fingerprint density at radius 2 is 1.01 bits per heavy atom. The summed E-state index contributed by atoms with van der Waals surface area (Å²) in [5, 5.41) is 12.1. The van der Waals surface area contributed by atoms with Gasteiger partial charge in [-0.25, -0.2) is 9.97 Å². The first-order valence-electron chi connectivity index (χ1n) is 24.2. The molecule has 0 N–H and O–H groups in total. The Morgan fingerprint density at radius 1 is 0.431 bits per heavy atom. The van der Waals surface area contributed by atoms with E-state index in [-0.39, 0.29) is 6.85 Å². The van der Waals surface area contributed by atoms with Crippen molar-refractivity contribution in [3.63, 3.8) is 0 Å². The van der Waals surface area contributed by atoms with E-state index < -0.39 is 10.0 Å². The number of rotatable bonds is 9. The van der Waals surface area contributed by atoms with E-state index in [1.54, 1.807) is 0 Å². The number of hydrogen-bond donors (Lipinski definition) is 0. The first kappa shape index (κ1) is 42.9. The van der Waals surface area contributed by atoms with Crippen molar-refractivity contribution in [3.8, 4) is 45.7 Å². The molecule has 1 aliphatic rings. The molecule has 0 saturated heterocycles. The topological polar surface area (TPSA) is 57.7 Å². The van der Waals surface area contributed by atoms with E-state index in [1.165, 1.54) is 41.6 Å². The average molecular weight is 938 g/mol. The van der Waals surface area contributed by atoms with Crippen molar-refractivity contribution in [2.45, 2.75) is 19.6 Å². The fourth-order valence-electron chi connectivity index (χ4n) is 10.9. The van der Waals surface area contributed by atoms with E-state index in [0.29, 0.717) is 11.4 Å². The van der Waals surface area contributed by atoms with Gasteiger partial charge in [0.2, 0.25) is 0 Å². The Morgan fingerprint density at radius 3 is 1.74 bits per heavy atom. The number of anilines is 2. The highest BCUT2D eigenvalue weighted by molar-refractivity contribution is 8.34. The number of hydrogen-bond acceptors (Lipinski definition) is 4. The van der Waals surface area contributed by atoms with Crippen molar-refractivity contribution >= 4 is 61.0 Å². The van der Waals surface area contributed by atoms with Crippen molar-refractivity contribution in [1.29, 1.82) is 5.26 Å². The van der Waals surface area contributed by atoms with Crippen molar-refractivity contribution in [1.82, 2.24) is 14.5 Å². The highest BCUT2D eigenvalue weighted by atomic mass is 32.3. The first-order valence-corrected chi connectivity index (χ1v) is 25.9. The van der Waals surface area contributed by atoms with Crippen molar-refractivity contribution in [2.24, 2.45) is 0 Å². The maximum Gasteiger partial charge on any atom is 0.328 e. The minimum Gasteiger partial charge on any atom is -0.376 e. The molecule has 0 unspecified atom stereocenters. The van der Waals surface area contributed by atoms with Gasteiger partial charge in [0.15, 0.2) is 5.82 Å². The predicted octanol–water partition coefficient (Wildman–Crippen LogP) is 15.0. The summed E-state index contributed by atoms with van der Waals surface area (Å²) in [5.41, 5.74) is 12.3. The second kappa shape index (κ2) is 17.9. The lowest BCUT2D eigenvalue weighted by molar-refractivity contribution is 1.05. The van der Waals surface area contributed by atoms with Crippen molar-refractivity contribution in [3.05, 3.63) is 272 Å². The van der Waals surface area contributed by atoms with Gasteiger partial charge in [0, 0.05) is 64.5 Å². The molecule has 2 aromatic heterocycles. The Balaban J connectivity index is 1.05. The SMILES string of the molecule is N#Cc1ccc2c(c1)c1ccccc1n2-c1cc(-c2cccc(S(c3ccccc3)(c3ccccc3)c3ccccc3)c2)nc(-c2cccc(N3B(c4ccccc4)c4ccccc4-c4ccccc43)c2)n1. The van der Waals surface area contributed by atoms with Crippen molar-refractivity contribution < 1.29 is 0 Å². The molecule has 5 nitrogen and oxygen atoms in total. The summed E-state index contributed by atoms with van der Waals surface area (Å²) in [7, 11) is -1.99. The van der Waals surface area contributed by atoms with Crippen LogP contribution in [0.15, 0.2) is 287 Å². The second-order valence-electron chi connectivity index (χ2n) is 18.0. The number of nitrogens with zero attached hydrogens (tertiary/aromatic N) is 5. The second-order valence-corrected chi connectivity index (χ2v) is 21.2. The van der Waals surface area contributed by atoms with Gasteiger partial charge >= 0.3 is 6.85 Å². The number of para-hydroxylation sites is 2. The van der Waals surface area contributed by atoms with Gasteiger partial charge in [0.05, 0.1) is 28.4 Å². The first-order chi connectivity index (χ1) is 35.7. The van der Waals surface area contributed by atoms with Crippen LogP contribution < -0.4 is 15.7 Å². The summed E-state index contributed by atoms with van der Waals surface area (Å²) in [6, 6.07) is 97.7. The summed E-state index contributed by atoms with van der Waals surface area (Å²) in [5.74, 6) is 1.33. The standard InChI is InChI=1S/C65H44BN5S/c67-45-46-39-40-62-58(41-46)57-35-14-17-37-61(57)70(62)64-44-60(47-21-20-32-54(43-47)72(51-26-7-2-8-27-51,52-28-9-3-10-29-52)53-30-11-4-12-31-53)68-65(69-64)48-22-19-25-50(42-48)71-63-38-18-15-34-56(63)55-33-13-16-36-59(55)66(71)49-23-5-1-6-24-49/h1-44H. The molecular weight excluding hydrogens is 894 g/mol.